The molecule has 0 atom stereocenters. The number of nitrogens with two attached hydrogens (primary N) is 1. The minimum atomic E-state index is -0.880. The molecule has 9 heteroatoms. The smallest absolute Gasteiger partial charge is 0.228 e. The van der Waals surface area contributed by atoms with Crippen LogP contribution in [-0.4, -0.2) is 25.1 Å². The highest BCUT2D eigenvalue weighted by molar-refractivity contribution is 5.82. The molecule has 0 spiro atoms. The van der Waals surface area contributed by atoms with Gasteiger partial charge in [0.1, 0.15) is 0 Å². The van der Waals surface area contributed by atoms with E-state index in [2.05, 4.69) is 30.5 Å². The number of aromatic amines is 1. The SMILES string of the molecule is Nc1nc(NC2(c3cccc(F)c3F)CC2)nc(-c2ccc3cn[nH]c3c2)n1. The Morgan fingerprint density at radius 3 is 2.75 bits per heavy atom. The highest BCUT2D eigenvalue weighted by Crippen LogP contribution is 2.49. The maximum atomic E-state index is 14.3. The van der Waals surface area contributed by atoms with E-state index in [1.54, 1.807) is 12.3 Å². The number of hydrogen-bond donors (Lipinski definition) is 3. The molecule has 0 unspecified atom stereocenters. The fourth-order valence-corrected chi connectivity index (χ4v) is 3.33. The largest absolute Gasteiger partial charge is 0.368 e. The maximum absolute atomic E-state index is 14.3. The van der Waals surface area contributed by atoms with Gasteiger partial charge in [-0.25, -0.2) is 8.78 Å². The molecule has 140 valence electrons. The van der Waals surface area contributed by atoms with Crippen molar-refractivity contribution in [2.75, 3.05) is 11.1 Å². The molecule has 0 saturated heterocycles. The number of hydrogen-bond acceptors (Lipinski definition) is 6. The lowest BCUT2D eigenvalue weighted by Crippen LogP contribution is -2.23. The first kappa shape index (κ1) is 16.5. The van der Waals surface area contributed by atoms with Crippen LogP contribution in [0, 0.1) is 11.6 Å². The summed E-state index contributed by atoms with van der Waals surface area (Å²) in [5, 5.41) is 11.0. The Morgan fingerprint density at radius 2 is 1.93 bits per heavy atom. The summed E-state index contributed by atoms with van der Waals surface area (Å²) in [6.45, 7) is 0. The van der Waals surface area contributed by atoms with Crippen molar-refractivity contribution in [2.24, 2.45) is 0 Å². The van der Waals surface area contributed by atoms with Crippen LogP contribution in [-0.2, 0) is 5.54 Å². The van der Waals surface area contributed by atoms with E-state index < -0.39 is 17.2 Å². The number of nitrogens with one attached hydrogen (secondary N) is 2. The van der Waals surface area contributed by atoms with Crippen molar-refractivity contribution in [3.63, 3.8) is 0 Å². The highest BCUT2D eigenvalue weighted by atomic mass is 19.2. The monoisotopic (exact) mass is 379 g/mol. The van der Waals surface area contributed by atoms with Crippen molar-refractivity contribution in [1.29, 1.82) is 0 Å². The summed E-state index contributed by atoms with van der Waals surface area (Å²) in [6.07, 6.45) is 2.99. The van der Waals surface area contributed by atoms with Gasteiger partial charge in [-0.3, -0.25) is 5.10 Å². The molecule has 28 heavy (non-hydrogen) atoms. The van der Waals surface area contributed by atoms with Crippen molar-refractivity contribution in [3.05, 3.63) is 59.8 Å². The van der Waals surface area contributed by atoms with E-state index in [1.807, 2.05) is 18.2 Å². The Labute approximate surface area is 158 Å². The first-order valence-electron chi connectivity index (χ1n) is 8.72. The number of H-pyrrole nitrogens is 1. The predicted octanol–water partition coefficient (Wildman–Crippen LogP) is 3.38. The summed E-state index contributed by atoms with van der Waals surface area (Å²) >= 11 is 0. The van der Waals surface area contributed by atoms with Gasteiger partial charge in [0, 0.05) is 16.5 Å². The van der Waals surface area contributed by atoms with Gasteiger partial charge >= 0.3 is 0 Å². The molecule has 0 bridgehead atoms. The van der Waals surface area contributed by atoms with Gasteiger partial charge in [-0.1, -0.05) is 24.3 Å². The zero-order valence-electron chi connectivity index (χ0n) is 14.6. The number of aromatic nitrogens is 5. The van der Waals surface area contributed by atoms with Gasteiger partial charge < -0.3 is 11.1 Å². The molecule has 2 aromatic heterocycles. The van der Waals surface area contributed by atoms with E-state index in [4.69, 9.17) is 5.73 Å². The highest BCUT2D eigenvalue weighted by Gasteiger charge is 2.47. The lowest BCUT2D eigenvalue weighted by Gasteiger charge is -2.19. The molecule has 2 heterocycles. The van der Waals surface area contributed by atoms with Crippen LogP contribution in [0.4, 0.5) is 20.7 Å². The quantitative estimate of drug-likeness (QED) is 0.502. The van der Waals surface area contributed by atoms with Gasteiger partial charge in [-0.15, -0.1) is 0 Å². The molecule has 7 nitrogen and oxygen atoms in total. The summed E-state index contributed by atoms with van der Waals surface area (Å²) in [5.74, 6) is -1.11. The van der Waals surface area contributed by atoms with Crippen molar-refractivity contribution >= 4 is 22.8 Å². The maximum Gasteiger partial charge on any atom is 0.228 e. The number of benzene rings is 2. The molecule has 0 radical (unpaired) electrons. The number of nitrogens with zero attached hydrogens (tertiary/aromatic N) is 4. The van der Waals surface area contributed by atoms with E-state index >= 15 is 0 Å². The first-order chi connectivity index (χ1) is 13.5. The summed E-state index contributed by atoms with van der Waals surface area (Å²) in [7, 11) is 0. The summed E-state index contributed by atoms with van der Waals surface area (Å²) in [5.41, 5.74) is 6.95. The molecule has 1 saturated carbocycles. The van der Waals surface area contributed by atoms with E-state index in [0.717, 1.165) is 22.5 Å². The van der Waals surface area contributed by atoms with E-state index in [1.165, 1.54) is 6.07 Å². The van der Waals surface area contributed by atoms with E-state index in [-0.39, 0.29) is 17.5 Å². The van der Waals surface area contributed by atoms with Crippen LogP contribution in [0.25, 0.3) is 22.3 Å². The Morgan fingerprint density at radius 1 is 1.07 bits per heavy atom. The van der Waals surface area contributed by atoms with Crippen LogP contribution in [0.2, 0.25) is 0 Å². The van der Waals surface area contributed by atoms with Gasteiger partial charge in [0.15, 0.2) is 17.5 Å². The van der Waals surface area contributed by atoms with Gasteiger partial charge in [0.25, 0.3) is 0 Å². The van der Waals surface area contributed by atoms with E-state index in [0.29, 0.717) is 18.7 Å². The second-order valence-electron chi connectivity index (χ2n) is 6.82. The van der Waals surface area contributed by atoms with E-state index in [9.17, 15) is 8.78 Å². The Hall–Kier alpha value is -3.62. The molecule has 1 aliphatic rings. The first-order valence-corrected chi connectivity index (χ1v) is 8.72. The molecule has 0 aliphatic heterocycles. The molecule has 4 aromatic rings. The molecule has 0 amide bonds. The van der Waals surface area contributed by atoms with Crippen LogP contribution in [0.5, 0.6) is 0 Å². The Kier molecular flexibility index (Phi) is 3.51. The average molecular weight is 379 g/mol. The number of fused-ring (bicyclic) bond motifs is 1. The minimum Gasteiger partial charge on any atom is -0.368 e. The van der Waals surface area contributed by atoms with Gasteiger partial charge in [0.2, 0.25) is 11.9 Å². The lowest BCUT2D eigenvalue weighted by atomic mass is 10.0. The molecular weight excluding hydrogens is 364 g/mol. The number of halogens is 2. The van der Waals surface area contributed by atoms with Crippen LogP contribution >= 0.6 is 0 Å². The molecule has 5 rings (SSSR count). The van der Waals surface area contributed by atoms with Crippen molar-refractivity contribution in [2.45, 2.75) is 18.4 Å². The van der Waals surface area contributed by atoms with Crippen LogP contribution in [0.1, 0.15) is 18.4 Å². The van der Waals surface area contributed by atoms with Gasteiger partial charge in [-0.2, -0.15) is 20.1 Å². The third kappa shape index (κ3) is 2.72. The molecule has 2 aromatic carbocycles. The number of rotatable bonds is 4. The molecular formula is C19H15F2N7. The second kappa shape index (κ2) is 5.95. The second-order valence-corrected chi connectivity index (χ2v) is 6.82. The average Bonchev–Trinajstić information content (AvgIpc) is 3.28. The Balaban J connectivity index is 1.52. The van der Waals surface area contributed by atoms with Gasteiger partial charge in [-0.05, 0) is 25.0 Å². The zero-order chi connectivity index (χ0) is 19.3. The predicted molar refractivity (Wildman–Crippen MR) is 100 cm³/mol. The van der Waals surface area contributed by atoms with Crippen molar-refractivity contribution < 1.29 is 8.78 Å². The van der Waals surface area contributed by atoms with Crippen molar-refractivity contribution in [1.82, 2.24) is 25.1 Å². The molecule has 1 aliphatic carbocycles. The summed E-state index contributed by atoms with van der Waals surface area (Å²) in [6, 6.07) is 9.76. The number of anilines is 2. The Bertz CT molecular complexity index is 1200. The van der Waals surface area contributed by atoms with Crippen LogP contribution < -0.4 is 11.1 Å². The third-order valence-electron chi connectivity index (χ3n) is 4.92. The fraction of sp³-hybridized carbons (Fsp3) is 0.158. The minimum absolute atomic E-state index is 0.0349. The normalized spacial score (nSPS) is 14.9. The summed E-state index contributed by atoms with van der Waals surface area (Å²) in [4.78, 5) is 12.8. The lowest BCUT2D eigenvalue weighted by molar-refractivity contribution is 0.490. The van der Waals surface area contributed by atoms with Crippen LogP contribution in [0.15, 0.2) is 42.6 Å². The standard InChI is InChI=1S/C19H15F2N7/c20-13-3-1-2-12(15(13)21)19(6-7-19)27-18-25-16(24-17(22)26-18)10-4-5-11-9-23-28-14(11)8-10/h1-5,8-9H,6-7H2,(H,23,28)(H3,22,24,25,26,27). The zero-order valence-corrected chi connectivity index (χ0v) is 14.6. The number of nitrogen functional groups attached to an aromatic ring is 1. The van der Waals surface area contributed by atoms with Crippen LogP contribution in [0.3, 0.4) is 0 Å². The fourth-order valence-electron chi connectivity index (χ4n) is 3.33. The third-order valence-corrected chi connectivity index (χ3v) is 4.92. The summed E-state index contributed by atoms with van der Waals surface area (Å²) < 4.78 is 27.9. The topological polar surface area (TPSA) is 105 Å². The molecule has 4 N–H and O–H groups in total. The molecule has 1 fully saturated rings. The van der Waals surface area contributed by atoms with Gasteiger partial charge in [0.05, 0.1) is 17.3 Å². The van der Waals surface area contributed by atoms with Crippen molar-refractivity contribution in [3.8, 4) is 11.4 Å².